The molecule has 0 atom stereocenters. The minimum atomic E-state index is -0.176. The molecule has 2 aliphatic rings. The quantitative estimate of drug-likeness (QED) is 0.545. The third-order valence-corrected chi connectivity index (χ3v) is 6.71. The smallest absolute Gasteiger partial charge is 0.267 e. The van der Waals surface area contributed by atoms with Crippen LogP contribution < -0.4 is 10.5 Å². The first-order valence-electron chi connectivity index (χ1n) is 9.77. The second-order valence-electron chi connectivity index (χ2n) is 6.93. The zero-order valence-electron chi connectivity index (χ0n) is 16.5. The molecule has 1 amide bonds. The highest BCUT2D eigenvalue weighted by Crippen LogP contribution is 2.33. The summed E-state index contributed by atoms with van der Waals surface area (Å²) in [5, 5.41) is 0. The number of fused-ring (bicyclic) bond motifs is 1. The van der Waals surface area contributed by atoms with Crippen LogP contribution in [-0.4, -0.2) is 68.7 Å². The molecule has 2 aromatic heterocycles. The maximum absolute atomic E-state index is 13.3. The van der Waals surface area contributed by atoms with Crippen LogP contribution in [0.2, 0.25) is 0 Å². The minimum absolute atomic E-state index is 0.151. The molecule has 9 heteroatoms. The summed E-state index contributed by atoms with van der Waals surface area (Å²) in [5.74, 6) is 0.487. The second-order valence-corrected chi connectivity index (χ2v) is 8.61. The molecule has 0 saturated carbocycles. The lowest BCUT2D eigenvalue weighted by Gasteiger charge is -2.35. The summed E-state index contributed by atoms with van der Waals surface area (Å²) in [6, 6.07) is 5.50. The lowest BCUT2D eigenvalue weighted by molar-refractivity contribution is -0.121. The molecule has 4 rings (SSSR count). The van der Waals surface area contributed by atoms with Gasteiger partial charge in [0.2, 0.25) is 0 Å². The van der Waals surface area contributed by atoms with Crippen molar-refractivity contribution in [2.45, 2.75) is 13.8 Å². The van der Waals surface area contributed by atoms with E-state index in [1.54, 1.807) is 23.2 Å². The SMILES string of the molecule is CCN1CCN(c2nc3ccccn3c(=O)c2/C=C2\SC(=S)N(CC)C2=O)CC1. The van der Waals surface area contributed by atoms with Crippen LogP contribution in [0.25, 0.3) is 11.7 Å². The minimum Gasteiger partial charge on any atom is -0.353 e. The Hall–Kier alpha value is -2.23. The van der Waals surface area contributed by atoms with Crippen LogP contribution in [0.1, 0.15) is 19.4 Å². The maximum atomic E-state index is 13.3. The van der Waals surface area contributed by atoms with Gasteiger partial charge in [0.25, 0.3) is 11.5 Å². The highest BCUT2D eigenvalue weighted by molar-refractivity contribution is 8.26. The number of piperazine rings is 1. The average Bonchev–Trinajstić information content (AvgIpc) is 3.02. The summed E-state index contributed by atoms with van der Waals surface area (Å²) in [6.07, 6.45) is 3.38. The van der Waals surface area contributed by atoms with E-state index in [2.05, 4.69) is 16.7 Å². The number of thiocarbonyl (C=S) groups is 1. The Morgan fingerprint density at radius 2 is 1.90 bits per heavy atom. The molecule has 2 fully saturated rings. The van der Waals surface area contributed by atoms with E-state index < -0.39 is 0 Å². The topological polar surface area (TPSA) is 61.2 Å². The van der Waals surface area contributed by atoms with Gasteiger partial charge in [0.1, 0.15) is 15.8 Å². The summed E-state index contributed by atoms with van der Waals surface area (Å²) < 4.78 is 2.05. The number of hydrogen-bond donors (Lipinski definition) is 0. The Morgan fingerprint density at radius 3 is 2.55 bits per heavy atom. The molecule has 0 spiro atoms. The van der Waals surface area contributed by atoms with Gasteiger partial charge < -0.3 is 9.80 Å². The van der Waals surface area contributed by atoms with Crippen LogP contribution in [0.3, 0.4) is 0 Å². The van der Waals surface area contributed by atoms with Gasteiger partial charge in [0.05, 0.1) is 10.5 Å². The van der Waals surface area contributed by atoms with Gasteiger partial charge in [-0.05, 0) is 31.7 Å². The van der Waals surface area contributed by atoms with Crippen LogP contribution >= 0.6 is 24.0 Å². The number of thioether (sulfide) groups is 1. The third-order valence-electron chi connectivity index (χ3n) is 5.33. The molecule has 0 radical (unpaired) electrons. The Morgan fingerprint density at radius 1 is 1.14 bits per heavy atom. The highest BCUT2D eigenvalue weighted by Gasteiger charge is 2.32. The Balaban J connectivity index is 1.83. The van der Waals surface area contributed by atoms with E-state index in [9.17, 15) is 9.59 Å². The highest BCUT2D eigenvalue weighted by atomic mass is 32.2. The van der Waals surface area contributed by atoms with Crippen LogP contribution in [0.4, 0.5) is 5.82 Å². The van der Waals surface area contributed by atoms with Crippen molar-refractivity contribution in [3.8, 4) is 0 Å². The Bertz CT molecular complexity index is 1060. The molecular formula is C20H23N5O2S2. The number of amides is 1. The molecule has 0 bridgehead atoms. The molecule has 0 aliphatic carbocycles. The summed E-state index contributed by atoms with van der Waals surface area (Å²) in [6.45, 7) is 8.99. The van der Waals surface area contributed by atoms with Crippen molar-refractivity contribution >= 4 is 51.7 Å². The van der Waals surface area contributed by atoms with Gasteiger partial charge in [0, 0.05) is 38.9 Å². The van der Waals surface area contributed by atoms with Crippen molar-refractivity contribution in [2.24, 2.45) is 0 Å². The number of anilines is 1. The summed E-state index contributed by atoms with van der Waals surface area (Å²) in [4.78, 5) is 37.3. The van der Waals surface area contributed by atoms with Gasteiger partial charge in [-0.1, -0.05) is 37.0 Å². The Labute approximate surface area is 179 Å². The molecule has 4 heterocycles. The first-order valence-corrected chi connectivity index (χ1v) is 11.0. The first-order chi connectivity index (χ1) is 14.0. The number of hydrogen-bond acceptors (Lipinski definition) is 7. The largest absolute Gasteiger partial charge is 0.353 e. The van der Waals surface area contributed by atoms with Crippen molar-refractivity contribution in [1.29, 1.82) is 0 Å². The number of carbonyl (C=O) groups excluding carboxylic acids is 1. The van der Waals surface area contributed by atoms with Gasteiger partial charge in [-0.25, -0.2) is 4.98 Å². The number of likely N-dealkylation sites (N-methyl/N-ethyl adjacent to an activating group) is 2. The maximum Gasteiger partial charge on any atom is 0.267 e. The number of pyridine rings is 1. The van der Waals surface area contributed by atoms with Crippen LogP contribution in [-0.2, 0) is 4.79 Å². The molecule has 0 aromatic carbocycles. The zero-order valence-corrected chi connectivity index (χ0v) is 18.1. The van der Waals surface area contributed by atoms with Gasteiger partial charge in [-0.3, -0.25) is 18.9 Å². The first kappa shape index (κ1) is 20.1. The van der Waals surface area contributed by atoms with Gasteiger partial charge >= 0.3 is 0 Å². The van der Waals surface area contributed by atoms with Crippen molar-refractivity contribution in [1.82, 2.24) is 19.2 Å². The number of carbonyl (C=O) groups is 1. The van der Waals surface area contributed by atoms with Crippen LogP contribution in [0.15, 0.2) is 34.1 Å². The predicted octanol–water partition coefficient (Wildman–Crippen LogP) is 2.06. The fourth-order valence-corrected chi connectivity index (χ4v) is 5.00. The van der Waals surface area contributed by atoms with E-state index in [1.807, 2.05) is 19.1 Å². The van der Waals surface area contributed by atoms with E-state index in [-0.39, 0.29) is 11.5 Å². The lowest BCUT2D eigenvalue weighted by Crippen LogP contribution is -2.47. The van der Waals surface area contributed by atoms with E-state index in [1.165, 1.54) is 16.2 Å². The van der Waals surface area contributed by atoms with Crippen molar-refractivity contribution in [2.75, 3.05) is 44.2 Å². The number of aromatic nitrogens is 2. The third kappa shape index (κ3) is 3.70. The molecule has 2 aromatic rings. The summed E-state index contributed by atoms with van der Waals surface area (Å²) >= 11 is 6.56. The molecule has 2 saturated heterocycles. The van der Waals surface area contributed by atoms with Crippen LogP contribution in [0.5, 0.6) is 0 Å². The predicted molar refractivity (Wildman–Crippen MR) is 121 cm³/mol. The fourth-order valence-electron chi connectivity index (χ4n) is 3.64. The van der Waals surface area contributed by atoms with E-state index in [0.717, 1.165) is 32.7 Å². The van der Waals surface area contributed by atoms with E-state index in [0.29, 0.717) is 32.8 Å². The molecule has 0 N–H and O–H groups in total. The summed E-state index contributed by atoms with van der Waals surface area (Å²) in [5.41, 5.74) is 0.865. The van der Waals surface area contributed by atoms with Gasteiger partial charge in [-0.15, -0.1) is 0 Å². The number of rotatable bonds is 4. The fraction of sp³-hybridized carbons (Fsp3) is 0.400. The average molecular weight is 430 g/mol. The molecule has 152 valence electrons. The standard InChI is InChI=1S/C20H23N5O2S2/c1-3-22-9-11-23(12-10-22)17-14(13-15-19(27)24(4-2)20(28)29-15)18(26)25-8-6-5-7-16(25)21-17/h5-8,13H,3-4,9-12H2,1-2H3/b15-13-. The number of nitrogens with zero attached hydrogens (tertiary/aromatic N) is 5. The monoisotopic (exact) mass is 429 g/mol. The Kier molecular flexibility index (Phi) is 5.71. The molecular weight excluding hydrogens is 406 g/mol. The van der Waals surface area contributed by atoms with Gasteiger partial charge in [-0.2, -0.15) is 0 Å². The molecule has 29 heavy (non-hydrogen) atoms. The lowest BCUT2D eigenvalue weighted by atomic mass is 10.2. The second kappa shape index (κ2) is 8.25. The van der Waals surface area contributed by atoms with Crippen molar-refractivity contribution < 1.29 is 4.79 Å². The zero-order chi connectivity index (χ0) is 20.5. The van der Waals surface area contributed by atoms with E-state index >= 15 is 0 Å². The van der Waals surface area contributed by atoms with Gasteiger partial charge in [0.15, 0.2) is 0 Å². The molecule has 2 aliphatic heterocycles. The van der Waals surface area contributed by atoms with Crippen LogP contribution in [0, 0.1) is 0 Å². The van der Waals surface area contributed by atoms with Crippen molar-refractivity contribution in [3.05, 3.63) is 45.2 Å². The molecule has 0 unspecified atom stereocenters. The van der Waals surface area contributed by atoms with Crippen molar-refractivity contribution in [3.63, 3.8) is 0 Å². The normalized spacial score (nSPS) is 19.7. The summed E-state index contributed by atoms with van der Waals surface area (Å²) in [7, 11) is 0. The van der Waals surface area contributed by atoms with E-state index in [4.69, 9.17) is 17.2 Å². The molecule has 7 nitrogen and oxygen atoms in total.